The number of nitrogens with two attached hydrogens (primary N) is 1. The summed E-state index contributed by atoms with van der Waals surface area (Å²) in [7, 11) is -3.85. The van der Waals surface area contributed by atoms with E-state index in [0.29, 0.717) is 23.9 Å². The van der Waals surface area contributed by atoms with Crippen LogP contribution in [0.4, 0.5) is 0 Å². The van der Waals surface area contributed by atoms with Crippen molar-refractivity contribution in [2.24, 2.45) is 5.73 Å². The number of ether oxygens (including phenoxy) is 1. The van der Waals surface area contributed by atoms with Crippen molar-refractivity contribution < 1.29 is 17.9 Å². The Labute approximate surface area is 138 Å². The minimum absolute atomic E-state index is 0.0527. The molecule has 1 atom stereocenters. The van der Waals surface area contributed by atoms with Gasteiger partial charge in [0.25, 0.3) is 0 Å². The average Bonchev–Trinajstić information content (AvgIpc) is 2.49. The summed E-state index contributed by atoms with van der Waals surface area (Å²) in [5.41, 5.74) is 5.37. The van der Waals surface area contributed by atoms with Crippen molar-refractivity contribution in [3.8, 4) is 5.75 Å². The zero-order chi connectivity index (χ0) is 16.3. The highest BCUT2D eigenvalue weighted by molar-refractivity contribution is 9.10. The van der Waals surface area contributed by atoms with E-state index >= 15 is 0 Å². The number of sulfonamides is 1. The maximum atomic E-state index is 13.0. The summed E-state index contributed by atoms with van der Waals surface area (Å²) in [5.74, 6) is -0.337. The molecule has 122 valence electrons. The second-order valence-corrected chi connectivity index (χ2v) is 7.83. The van der Waals surface area contributed by atoms with Gasteiger partial charge in [-0.3, -0.25) is 4.79 Å². The topological polar surface area (TPSA) is 89.7 Å². The fourth-order valence-corrected chi connectivity index (χ4v) is 4.90. The number of halogens is 1. The highest BCUT2D eigenvalue weighted by Crippen LogP contribution is 2.33. The van der Waals surface area contributed by atoms with Crippen molar-refractivity contribution in [3.63, 3.8) is 0 Å². The van der Waals surface area contributed by atoms with Gasteiger partial charge in [-0.2, -0.15) is 4.31 Å². The van der Waals surface area contributed by atoms with E-state index in [1.807, 2.05) is 0 Å². The van der Waals surface area contributed by atoms with E-state index in [-0.39, 0.29) is 17.2 Å². The monoisotopic (exact) mass is 390 g/mol. The molecule has 2 N–H and O–H groups in total. The van der Waals surface area contributed by atoms with Crippen LogP contribution in [0.2, 0.25) is 0 Å². The summed E-state index contributed by atoms with van der Waals surface area (Å²) in [6.45, 7) is 2.42. The Morgan fingerprint density at radius 3 is 2.82 bits per heavy atom. The Bertz CT molecular complexity index is 663. The maximum absolute atomic E-state index is 13.0. The van der Waals surface area contributed by atoms with E-state index in [9.17, 15) is 13.2 Å². The van der Waals surface area contributed by atoms with Crippen LogP contribution in [0.3, 0.4) is 0 Å². The number of rotatable bonds is 5. The molecule has 22 heavy (non-hydrogen) atoms. The molecule has 1 aromatic carbocycles. The lowest BCUT2D eigenvalue weighted by atomic mass is 10.0. The lowest BCUT2D eigenvalue weighted by molar-refractivity contribution is -0.122. The molecule has 1 unspecified atom stereocenters. The highest BCUT2D eigenvalue weighted by Gasteiger charge is 2.38. The van der Waals surface area contributed by atoms with Gasteiger partial charge in [-0.05, 0) is 38.0 Å². The molecular formula is C14H19BrN2O4S. The molecule has 0 bridgehead atoms. The van der Waals surface area contributed by atoms with Crippen molar-refractivity contribution in [1.82, 2.24) is 4.31 Å². The standard InChI is InChI=1S/C14H19BrN2O4S/c1-2-21-12-7-6-10(15)9-13(12)22(19,20)17-8-4-3-5-11(17)14(16)18/h6-7,9,11H,2-5,8H2,1H3,(H2,16,18). The van der Waals surface area contributed by atoms with Crippen molar-refractivity contribution >= 4 is 31.9 Å². The molecule has 8 heteroatoms. The van der Waals surface area contributed by atoms with Gasteiger partial charge in [0.1, 0.15) is 16.7 Å². The van der Waals surface area contributed by atoms with E-state index < -0.39 is 22.0 Å². The van der Waals surface area contributed by atoms with Crippen molar-refractivity contribution in [1.29, 1.82) is 0 Å². The number of benzene rings is 1. The summed E-state index contributed by atoms with van der Waals surface area (Å²) in [6.07, 6.45) is 1.95. The number of hydrogen-bond donors (Lipinski definition) is 1. The van der Waals surface area contributed by atoms with Crippen LogP contribution in [-0.4, -0.2) is 37.8 Å². The summed E-state index contributed by atoms with van der Waals surface area (Å²) in [5, 5.41) is 0. The molecule has 0 radical (unpaired) electrons. The van der Waals surface area contributed by atoms with E-state index in [1.54, 1.807) is 19.1 Å². The smallest absolute Gasteiger partial charge is 0.247 e. The maximum Gasteiger partial charge on any atom is 0.247 e. The molecule has 1 aliphatic rings. The van der Waals surface area contributed by atoms with Crippen molar-refractivity contribution in [3.05, 3.63) is 22.7 Å². The molecule has 1 saturated heterocycles. The van der Waals surface area contributed by atoms with Gasteiger partial charge >= 0.3 is 0 Å². The van der Waals surface area contributed by atoms with Gasteiger partial charge in [-0.25, -0.2) is 8.42 Å². The highest BCUT2D eigenvalue weighted by atomic mass is 79.9. The van der Waals surface area contributed by atoms with Gasteiger partial charge in [0.05, 0.1) is 6.61 Å². The lowest BCUT2D eigenvalue weighted by Gasteiger charge is -2.32. The summed E-state index contributed by atoms with van der Waals surface area (Å²) in [4.78, 5) is 11.6. The number of carbonyl (C=O) groups is 1. The number of primary amides is 1. The second-order valence-electron chi connectivity index (χ2n) is 5.05. The van der Waals surface area contributed by atoms with E-state index in [4.69, 9.17) is 10.5 Å². The van der Waals surface area contributed by atoms with Gasteiger partial charge < -0.3 is 10.5 Å². The number of nitrogens with zero attached hydrogens (tertiary/aromatic N) is 1. The lowest BCUT2D eigenvalue weighted by Crippen LogP contribution is -2.50. The quantitative estimate of drug-likeness (QED) is 0.830. The minimum Gasteiger partial charge on any atom is -0.492 e. The predicted octanol–water partition coefficient (Wildman–Crippen LogP) is 1.88. The first kappa shape index (κ1) is 17.2. The van der Waals surface area contributed by atoms with Crippen LogP contribution in [0.15, 0.2) is 27.6 Å². The fraction of sp³-hybridized carbons (Fsp3) is 0.500. The Balaban J connectivity index is 2.49. The van der Waals surface area contributed by atoms with Gasteiger partial charge in [0.2, 0.25) is 15.9 Å². The van der Waals surface area contributed by atoms with Gasteiger partial charge in [0.15, 0.2) is 0 Å². The molecule has 1 aliphatic heterocycles. The van der Waals surface area contributed by atoms with Crippen molar-refractivity contribution in [2.45, 2.75) is 37.1 Å². The van der Waals surface area contributed by atoms with Crippen LogP contribution in [0.25, 0.3) is 0 Å². The third-order valence-electron chi connectivity index (χ3n) is 3.57. The Kier molecular flexibility index (Phi) is 5.46. The molecule has 1 fully saturated rings. The van der Waals surface area contributed by atoms with Gasteiger partial charge in [-0.15, -0.1) is 0 Å². The molecule has 6 nitrogen and oxygen atoms in total. The number of piperidine rings is 1. The molecular weight excluding hydrogens is 372 g/mol. The predicted molar refractivity (Wildman–Crippen MR) is 86.0 cm³/mol. The molecule has 2 rings (SSSR count). The van der Waals surface area contributed by atoms with Crippen LogP contribution in [0, 0.1) is 0 Å². The fourth-order valence-electron chi connectivity index (χ4n) is 2.56. The Morgan fingerprint density at radius 2 is 2.18 bits per heavy atom. The third kappa shape index (κ3) is 3.44. The van der Waals surface area contributed by atoms with E-state index in [0.717, 1.165) is 6.42 Å². The van der Waals surface area contributed by atoms with E-state index in [2.05, 4.69) is 15.9 Å². The molecule has 0 aromatic heterocycles. The van der Waals surface area contributed by atoms with Crippen LogP contribution < -0.4 is 10.5 Å². The molecule has 1 amide bonds. The average molecular weight is 391 g/mol. The Hall–Kier alpha value is -1.12. The van der Waals surface area contributed by atoms with E-state index in [1.165, 1.54) is 10.4 Å². The SMILES string of the molecule is CCOc1ccc(Br)cc1S(=O)(=O)N1CCCCC1C(N)=O. The molecule has 0 saturated carbocycles. The van der Waals surface area contributed by atoms with Crippen LogP contribution >= 0.6 is 15.9 Å². The van der Waals surface area contributed by atoms with Crippen LogP contribution in [0.1, 0.15) is 26.2 Å². The van der Waals surface area contributed by atoms with Gasteiger partial charge in [-0.1, -0.05) is 22.4 Å². The number of amides is 1. The van der Waals surface area contributed by atoms with Crippen molar-refractivity contribution in [2.75, 3.05) is 13.2 Å². The molecule has 1 aromatic rings. The van der Waals surface area contributed by atoms with Gasteiger partial charge in [0, 0.05) is 11.0 Å². The summed E-state index contributed by atoms with van der Waals surface area (Å²) >= 11 is 3.28. The molecule has 0 aliphatic carbocycles. The first-order valence-corrected chi connectivity index (χ1v) is 9.34. The zero-order valence-electron chi connectivity index (χ0n) is 12.3. The Morgan fingerprint density at radius 1 is 1.45 bits per heavy atom. The first-order valence-electron chi connectivity index (χ1n) is 7.11. The van der Waals surface area contributed by atoms with Crippen LogP contribution in [-0.2, 0) is 14.8 Å². The number of hydrogen-bond acceptors (Lipinski definition) is 4. The third-order valence-corrected chi connectivity index (χ3v) is 6.00. The normalized spacial score (nSPS) is 19.8. The first-order chi connectivity index (χ1) is 10.4. The zero-order valence-corrected chi connectivity index (χ0v) is 14.7. The minimum atomic E-state index is -3.85. The largest absolute Gasteiger partial charge is 0.492 e. The second kappa shape index (κ2) is 6.97. The summed E-state index contributed by atoms with van der Waals surface area (Å²) in [6, 6.07) is 4.01. The molecule has 1 heterocycles. The summed E-state index contributed by atoms with van der Waals surface area (Å²) < 4.78 is 33.2. The molecule has 0 spiro atoms. The number of carbonyl (C=O) groups excluding carboxylic acids is 1. The van der Waals surface area contributed by atoms with Crippen LogP contribution in [0.5, 0.6) is 5.75 Å².